The number of nitrogens with two attached hydrogens (primary N) is 1. The summed E-state index contributed by atoms with van der Waals surface area (Å²) in [5.74, 6) is -0.0588. The number of benzene rings is 2. The van der Waals surface area contributed by atoms with Crippen molar-refractivity contribution in [3.63, 3.8) is 0 Å². The number of aryl methyl sites for hydroxylation is 1. The fourth-order valence-corrected chi connectivity index (χ4v) is 2.14. The molecule has 1 amide bonds. The van der Waals surface area contributed by atoms with E-state index in [1.807, 2.05) is 38.1 Å². The lowest BCUT2D eigenvalue weighted by atomic mass is 10.1. The second-order valence-corrected chi connectivity index (χ2v) is 5.14. The first-order valence-electron chi connectivity index (χ1n) is 6.77. The lowest BCUT2D eigenvalue weighted by Gasteiger charge is -2.14. The van der Waals surface area contributed by atoms with E-state index in [-0.39, 0.29) is 11.9 Å². The molecule has 0 spiro atoms. The van der Waals surface area contributed by atoms with Crippen molar-refractivity contribution in [1.29, 1.82) is 0 Å². The van der Waals surface area contributed by atoms with Gasteiger partial charge in [-0.05, 0) is 49.6 Å². The number of amides is 1. The number of nitrogen functional groups attached to an aromatic ring is 1. The van der Waals surface area contributed by atoms with Gasteiger partial charge in [-0.1, -0.05) is 30.3 Å². The Balaban J connectivity index is 1.98. The summed E-state index contributed by atoms with van der Waals surface area (Å²) in [5.41, 5.74) is 9.26. The van der Waals surface area contributed by atoms with Crippen molar-refractivity contribution in [2.75, 3.05) is 5.73 Å². The second-order valence-electron chi connectivity index (χ2n) is 5.14. The zero-order chi connectivity index (χ0) is 14.5. The molecule has 0 bridgehead atoms. The van der Waals surface area contributed by atoms with Crippen LogP contribution >= 0.6 is 0 Å². The van der Waals surface area contributed by atoms with Gasteiger partial charge in [-0.25, -0.2) is 0 Å². The van der Waals surface area contributed by atoms with Crippen molar-refractivity contribution < 1.29 is 4.79 Å². The Morgan fingerprint density at radius 2 is 1.90 bits per heavy atom. The van der Waals surface area contributed by atoms with Gasteiger partial charge >= 0.3 is 0 Å². The maximum absolute atomic E-state index is 12.2. The maximum atomic E-state index is 12.2. The van der Waals surface area contributed by atoms with Crippen molar-refractivity contribution in [3.8, 4) is 0 Å². The fraction of sp³-hybridized carbons (Fsp3) is 0.235. The number of rotatable bonds is 4. The fourth-order valence-electron chi connectivity index (χ4n) is 2.14. The van der Waals surface area contributed by atoms with E-state index in [9.17, 15) is 4.79 Å². The van der Waals surface area contributed by atoms with Crippen molar-refractivity contribution in [2.24, 2.45) is 0 Å². The van der Waals surface area contributed by atoms with E-state index in [0.717, 1.165) is 12.0 Å². The number of carbonyl (C=O) groups excluding carboxylic acids is 1. The molecule has 0 saturated heterocycles. The monoisotopic (exact) mass is 268 g/mol. The first-order chi connectivity index (χ1) is 9.56. The smallest absolute Gasteiger partial charge is 0.251 e. The van der Waals surface area contributed by atoms with Crippen LogP contribution in [0.4, 0.5) is 5.69 Å². The van der Waals surface area contributed by atoms with Crippen LogP contribution < -0.4 is 11.1 Å². The molecule has 0 heterocycles. The Kier molecular flexibility index (Phi) is 4.41. The van der Waals surface area contributed by atoms with E-state index >= 15 is 0 Å². The van der Waals surface area contributed by atoms with Crippen LogP contribution in [0.3, 0.4) is 0 Å². The molecule has 2 aromatic rings. The van der Waals surface area contributed by atoms with Crippen LogP contribution in [0, 0.1) is 6.92 Å². The van der Waals surface area contributed by atoms with Crippen molar-refractivity contribution >= 4 is 11.6 Å². The van der Waals surface area contributed by atoms with E-state index in [2.05, 4.69) is 17.4 Å². The number of carbonyl (C=O) groups is 1. The molecule has 3 nitrogen and oxygen atoms in total. The predicted octanol–water partition coefficient (Wildman–Crippen LogP) is 2.94. The van der Waals surface area contributed by atoms with Gasteiger partial charge in [0, 0.05) is 17.3 Å². The van der Waals surface area contributed by atoms with E-state index < -0.39 is 0 Å². The quantitative estimate of drug-likeness (QED) is 0.838. The van der Waals surface area contributed by atoms with Crippen LogP contribution in [0.25, 0.3) is 0 Å². The summed E-state index contributed by atoms with van der Waals surface area (Å²) in [6, 6.07) is 15.6. The standard InChI is InChI=1S/C17H20N2O/c1-12-10-15(8-9-16(12)18)17(20)19-13(2)11-14-6-4-3-5-7-14/h3-10,13H,11,18H2,1-2H3,(H,19,20)/t13-/m1/s1. The average molecular weight is 268 g/mol. The van der Waals surface area contributed by atoms with Crippen molar-refractivity contribution in [1.82, 2.24) is 5.32 Å². The number of hydrogen-bond donors (Lipinski definition) is 2. The first kappa shape index (κ1) is 14.1. The molecule has 104 valence electrons. The normalized spacial score (nSPS) is 11.9. The van der Waals surface area contributed by atoms with Gasteiger partial charge in [0.15, 0.2) is 0 Å². The van der Waals surface area contributed by atoms with Crippen molar-refractivity contribution in [3.05, 3.63) is 65.2 Å². The molecule has 0 aliphatic heterocycles. The van der Waals surface area contributed by atoms with Gasteiger partial charge in [0.1, 0.15) is 0 Å². The van der Waals surface area contributed by atoms with E-state index in [1.165, 1.54) is 5.56 Å². The maximum Gasteiger partial charge on any atom is 0.251 e. The van der Waals surface area contributed by atoms with E-state index in [1.54, 1.807) is 12.1 Å². The molecule has 20 heavy (non-hydrogen) atoms. The minimum Gasteiger partial charge on any atom is -0.399 e. The third kappa shape index (κ3) is 3.60. The molecule has 0 fully saturated rings. The number of hydrogen-bond acceptors (Lipinski definition) is 2. The van der Waals surface area contributed by atoms with Crippen LogP contribution in [0.1, 0.15) is 28.4 Å². The molecule has 2 rings (SSSR count). The van der Waals surface area contributed by atoms with Gasteiger partial charge in [0.05, 0.1) is 0 Å². The summed E-state index contributed by atoms with van der Waals surface area (Å²) in [6.45, 7) is 3.91. The molecule has 0 radical (unpaired) electrons. The Labute approximate surface area is 119 Å². The molecule has 0 aromatic heterocycles. The topological polar surface area (TPSA) is 55.1 Å². The molecular weight excluding hydrogens is 248 g/mol. The molecular formula is C17H20N2O. The highest BCUT2D eigenvalue weighted by atomic mass is 16.1. The zero-order valence-electron chi connectivity index (χ0n) is 11.9. The van der Waals surface area contributed by atoms with E-state index in [0.29, 0.717) is 11.3 Å². The molecule has 0 aliphatic rings. The number of nitrogens with one attached hydrogen (secondary N) is 1. The molecule has 2 aromatic carbocycles. The largest absolute Gasteiger partial charge is 0.399 e. The van der Waals surface area contributed by atoms with Crippen LogP contribution in [-0.4, -0.2) is 11.9 Å². The second kappa shape index (κ2) is 6.24. The lowest BCUT2D eigenvalue weighted by Crippen LogP contribution is -2.34. The third-order valence-electron chi connectivity index (χ3n) is 3.29. The zero-order valence-corrected chi connectivity index (χ0v) is 11.9. The summed E-state index contributed by atoms with van der Waals surface area (Å²) < 4.78 is 0. The van der Waals surface area contributed by atoms with Crippen LogP contribution in [-0.2, 0) is 6.42 Å². The summed E-state index contributed by atoms with van der Waals surface area (Å²) in [4.78, 5) is 12.2. The molecule has 3 N–H and O–H groups in total. The van der Waals surface area contributed by atoms with E-state index in [4.69, 9.17) is 5.73 Å². The Hall–Kier alpha value is -2.29. The Morgan fingerprint density at radius 3 is 2.55 bits per heavy atom. The number of anilines is 1. The van der Waals surface area contributed by atoms with Crippen LogP contribution in [0.5, 0.6) is 0 Å². The first-order valence-corrected chi connectivity index (χ1v) is 6.77. The summed E-state index contributed by atoms with van der Waals surface area (Å²) >= 11 is 0. The summed E-state index contributed by atoms with van der Waals surface area (Å²) in [7, 11) is 0. The molecule has 0 aliphatic carbocycles. The Morgan fingerprint density at radius 1 is 1.20 bits per heavy atom. The average Bonchev–Trinajstić information content (AvgIpc) is 2.42. The van der Waals surface area contributed by atoms with Gasteiger partial charge < -0.3 is 11.1 Å². The summed E-state index contributed by atoms with van der Waals surface area (Å²) in [6.07, 6.45) is 0.820. The van der Waals surface area contributed by atoms with Crippen molar-refractivity contribution in [2.45, 2.75) is 26.3 Å². The molecule has 3 heteroatoms. The third-order valence-corrected chi connectivity index (χ3v) is 3.29. The molecule has 0 unspecified atom stereocenters. The molecule has 0 saturated carbocycles. The van der Waals surface area contributed by atoms with Gasteiger partial charge in [0.2, 0.25) is 0 Å². The predicted molar refractivity (Wildman–Crippen MR) is 82.7 cm³/mol. The highest BCUT2D eigenvalue weighted by Gasteiger charge is 2.11. The van der Waals surface area contributed by atoms with Gasteiger partial charge in [-0.15, -0.1) is 0 Å². The van der Waals surface area contributed by atoms with Gasteiger partial charge in [-0.3, -0.25) is 4.79 Å². The molecule has 1 atom stereocenters. The van der Waals surface area contributed by atoms with Crippen LogP contribution in [0.15, 0.2) is 48.5 Å². The lowest BCUT2D eigenvalue weighted by molar-refractivity contribution is 0.0940. The van der Waals surface area contributed by atoms with Gasteiger partial charge in [-0.2, -0.15) is 0 Å². The SMILES string of the molecule is Cc1cc(C(=O)N[C@H](C)Cc2ccccc2)ccc1N. The minimum absolute atomic E-state index is 0.0588. The van der Waals surface area contributed by atoms with Crippen LogP contribution in [0.2, 0.25) is 0 Å². The van der Waals surface area contributed by atoms with Gasteiger partial charge in [0.25, 0.3) is 5.91 Å². The highest BCUT2D eigenvalue weighted by Crippen LogP contribution is 2.13. The Bertz CT molecular complexity index is 593. The highest BCUT2D eigenvalue weighted by molar-refractivity contribution is 5.95. The summed E-state index contributed by atoms with van der Waals surface area (Å²) in [5, 5.41) is 3.01. The minimum atomic E-state index is -0.0588.